The fourth-order valence-electron chi connectivity index (χ4n) is 4.04. The second-order valence-corrected chi connectivity index (χ2v) is 7.32. The summed E-state index contributed by atoms with van der Waals surface area (Å²) in [6, 6.07) is 4.84. The summed E-state index contributed by atoms with van der Waals surface area (Å²) in [6.45, 7) is 11.0. The van der Waals surface area contributed by atoms with Gasteiger partial charge >= 0.3 is 0 Å². The summed E-state index contributed by atoms with van der Waals surface area (Å²) >= 11 is 0. The number of hydrogen-bond acceptors (Lipinski definition) is 4. The van der Waals surface area contributed by atoms with Gasteiger partial charge in [-0.2, -0.15) is 0 Å². The first-order chi connectivity index (χ1) is 12.2. The van der Waals surface area contributed by atoms with Crippen molar-refractivity contribution >= 4 is 11.8 Å². The smallest absolute Gasteiger partial charge is 0.121 e. The molecule has 2 aliphatic rings. The fraction of sp³-hybridized carbons (Fsp3) is 0.619. The lowest BCUT2D eigenvalue weighted by atomic mass is 9.95. The molecule has 0 amide bonds. The third kappa shape index (κ3) is 4.56. The molecule has 3 rings (SSSR count). The summed E-state index contributed by atoms with van der Waals surface area (Å²) < 4.78 is 11.8. The number of hydrogen-bond donors (Lipinski definition) is 1. The van der Waals surface area contributed by atoms with E-state index in [0.29, 0.717) is 12.0 Å². The number of ether oxygens (including phenoxy) is 2. The predicted octanol–water partition coefficient (Wildman–Crippen LogP) is 3.95. The Hall–Kier alpha value is -1.52. The van der Waals surface area contributed by atoms with Gasteiger partial charge in [0.2, 0.25) is 0 Å². The molecule has 2 fully saturated rings. The molecule has 1 atom stereocenters. The fourth-order valence-corrected chi connectivity index (χ4v) is 4.04. The zero-order valence-electron chi connectivity index (χ0n) is 15.7. The van der Waals surface area contributed by atoms with Crippen molar-refractivity contribution in [1.82, 2.24) is 4.90 Å². The maximum absolute atomic E-state index is 6.13. The van der Waals surface area contributed by atoms with E-state index in [1.807, 2.05) is 13.1 Å². The summed E-state index contributed by atoms with van der Waals surface area (Å²) in [6.07, 6.45) is 6.85. The molecular weight excluding hydrogens is 312 g/mol. The third-order valence-electron chi connectivity index (χ3n) is 5.62. The second-order valence-electron chi connectivity index (χ2n) is 7.32. The quantitative estimate of drug-likeness (QED) is 0.847. The first-order valence-corrected chi connectivity index (χ1v) is 9.60. The number of likely N-dealkylation sites (tertiary alicyclic amines) is 1. The van der Waals surface area contributed by atoms with Crippen molar-refractivity contribution in [3.63, 3.8) is 0 Å². The topological polar surface area (TPSA) is 33.7 Å². The van der Waals surface area contributed by atoms with E-state index in [1.165, 1.54) is 44.3 Å². The predicted molar refractivity (Wildman–Crippen MR) is 104 cm³/mol. The van der Waals surface area contributed by atoms with Gasteiger partial charge in [0, 0.05) is 37.0 Å². The standard InChI is InChI=1S/C21H32N2O2/c1-4-20-16(2)12-19(13-21(20)22-3)25-14-17-7-9-23(10-8-17)18-6-5-11-24-15-18/h4,12-13,17-18,22H,1,5-11,14-15H2,2-3H3. The Kier molecular flexibility index (Phi) is 6.38. The molecular formula is C21H32N2O2. The van der Waals surface area contributed by atoms with Gasteiger partial charge in [-0.15, -0.1) is 0 Å². The van der Waals surface area contributed by atoms with Crippen LogP contribution in [0.5, 0.6) is 5.75 Å². The maximum atomic E-state index is 6.13. The van der Waals surface area contributed by atoms with E-state index in [0.717, 1.165) is 36.8 Å². The molecule has 2 saturated heterocycles. The van der Waals surface area contributed by atoms with Crippen LogP contribution in [0, 0.1) is 12.8 Å². The van der Waals surface area contributed by atoms with Gasteiger partial charge in [0.25, 0.3) is 0 Å². The highest BCUT2D eigenvalue weighted by Gasteiger charge is 2.26. The molecule has 0 saturated carbocycles. The Labute approximate surface area is 152 Å². The highest BCUT2D eigenvalue weighted by Crippen LogP contribution is 2.29. The molecule has 25 heavy (non-hydrogen) atoms. The Balaban J connectivity index is 1.50. The van der Waals surface area contributed by atoms with Crippen LogP contribution >= 0.6 is 0 Å². The molecule has 4 heteroatoms. The van der Waals surface area contributed by atoms with Crippen LogP contribution in [-0.2, 0) is 4.74 Å². The SMILES string of the molecule is C=Cc1c(C)cc(OCC2CCN(C3CCCOC3)CC2)cc1NC. The van der Waals surface area contributed by atoms with E-state index in [9.17, 15) is 0 Å². The summed E-state index contributed by atoms with van der Waals surface area (Å²) in [4.78, 5) is 2.62. The maximum Gasteiger partial charge on any atom is 0.121 e. The van der Waals surface area contributed by atoms with Crippen LogP contribution in [0.1, 0.15) is 36.8 Å². The molecule has 0 bridgehead atoms. The third-order valence-corrected chi connectivity index (χ3v) is 5.62. The largest absolute Gasteiger partial charge is 0.493 e. The van der Waals surface area contributed by atoms with Gasteiger partial charge in [0.15, 0.2) is 0 Å². The lowest BCUT2D eigenvalue weighted by molar-refractivity contribution is 0.00185. The van der Waals surface area contributed by atoms with Crippen molar-refractivity contribution in [3.05, 3.63) is 29.8 Å². The number of piperidine rings is 1. The summed E-state index contributed by atoms with van der Waals surface area (Å²) in [5.41, 5.74) is 3.43. The van der Waals surface area contributed by atoms with Gasteiger partial charge in [0.05, 0.1) is 13.2 Å². The first kappa shape index (κ1) is 18.3. The lowest BCUT2D eigenvalue weighted by Gasteiger charge is -2.39. The van der Waals surface area contributed by atoms with Gasteiger partial charge in [-0.05, 0) is 63.2 Å². The van der Waals surface area contributed by atoms with E-state index in [1.54, 1.807) is 0 Å². The van der Waals surface area contributed by atoms with Crippen LogP contribution in [0.2, 0.25) is 0 Å². The van der Waals surface area contributed by atoms with Gasteiger partial charge in [0.1, 0.15) is 5.75 Å². The molecule has 2 aliphatic heterocycles. The molecule has 0 aromatic heterocycles. The molecule has 0 radical (unpaired) electrons. The lowest BCUT2D eigenvalue weighted by Crippen LogP contribution is -2.46. The Morgan fingerprint density at radius 3 is 2.76 bits per heavy atom. The van der Waals surface area contributed by atoms with Gasteiger partial charge in [-0.25, -0.2) is 0 Å². The minimum atomic E-state index is 0.642. The van der Waals surface area contributed by atoms with Crippen molar-refractivity contribution in [1.29, 1.82) is 0 Å². The number of nitrogens with zero attached hydrogens (tertiary/aromatic N) is 1. The summed E-state index contributed by atoms with van der Waals surface area (Å²) in [5.74, 6) is 1.61. The van der Waals surface area contributed by atoms with Crippen LogP contribution in [0.3, 0.4) is 0 Å². The van der Waals surface area contributed by atoms with Crippen LogP contribution in [-0.4, -0.2) is 50.9 Å². The zero-order chi connectivity index (χ0) is 17.6. The van der Waals surface area contributed by atoms with Crippen LogP contribution in [0.25, 0.3) is 6.08 Å². The average Bonchev–Trinajstić information content (AvgIpc) is 2.67. The van der Waals surface area contributed by atoms with E-state index < -0.39 is 0 Å². The monoisotopic (exact) mass is 344 g/mol. The molecule has 138 valence electrons. The van der Waals surface area contributed by atoms with Crippen molar-refractivity contribution in [2.75, 3.05) is 45.3 Å². The minimum absolute atomic E-state index is 0.642. The van der Waals surface area contributed by atoms with Crippen LogP contribution < -0.4 is 10.1 Å². The second kappa shape index (κ2) is 8.72. The highest BCUT2D eigenvalue weighted by atomic mass is 16.5. The molecule has 1 unspecified atom stereocenters. The van der Waals surface area contributed by atoms with E-state index in [-0.39, 0.29) is 0 Å². The van der Waals surface area contributed by atoms with E-state index in [4.69, 9.17) is 9.47 Å². The normalized spacial score (nSPS) is 22.6. The molecule has 1 aromatic rings. The Morgan fingerprint density at radius 2 is 2.12 bits per heavy atom. The van der Waals surface area contributed by atoms with Crippen LogP contribution in [0.4, 0.5) is 5.69 Å². The van der Waals surface area contributed by atoms with Gasteiger partial charge in [-0.1, -0.05) is 12.7 Å². The molecule has 0 aliphatic carbocycles. The molecule has 1 N–H and O–H groups in total. The van der Waals surface area contributed by atoms with E-state index >= 15 is 0 Å². The van der Waals surface area contributed by atoms with Crippen molar-refractivity contribution in [3.8, 4) is 5.75 Å². The Morgan fingerprint density at radius 1 is 1.32 bits per heavy atom. The molecule has 0 spiro atoms. The number of nitrogens with one attached hydrogen (secondary N) is 1. The van der Waals surface area contributed by atoms with E-state index in [2.05, 4.69) is 35.9 Å². The molecule has 2 heterocycles. The average molecular weight is 344 g/mol. The van der Waals surface area contributed by atoms with Gasteiger partial charge < -0.3 is 14.8 Å². The summed E-state index contributed by atoms with van der Waals surface area (Å²) in [7, 11) is 1.94. The Bertz CT molecular complexity index is 574. The molecule has 4 nitrogen and oxygen atoms in total. The first-order valence-electron chi connectivity index (χ1n) is 9.60. The van der Waals surface area contributed by atoms with Crippen LogP contribution in [0.15, 0.2) is 18.7 Å². The zero-order valence-corrected chi connectivity index (χ0v) is 15.7. The number of aryl methyl sites for hydroxylation is 1. The van der Waals surface area contributed by atoms with Crippen molar-refractivity contribution in [2.45, 2.75) is 38.6 Å². The highest BCUT2D eigenvalue weighted by molar-refractivity contribution is 5.70. The minimum Gasteiger partial charge on any atom is -0.493 e. The number of anilines is 1. The van der Waals surface area contributed by atoms with Crippen molar-refractivity contribution in [2.24, 2.45) is 5.92 Å². The number of benzene rings is 1. The summed E-state index contributed by atoms with van der Waals surface area (Å²) in [5, 5.41) is 3.24. The van der Waals surface area contributed by atoms with Gasteiger partial charge in [-0.3, -0.25) is 4.90 Å². The number of rotatable bonds is 6. The van der Waals surface area contributed by atoms with Crippen molar-refractivity contribution < 1.29 is 9.47 Å². The molecule has 1 aromatic carbocycles.